The summed E-state index contributed by atoms with van der Waals surface area (Å²) >= 11 is 4.79. The van der Waals surface area contributed by atoms with Gasteiger partial charge in [0.15, 0.2) is 5.13 Å². The molecule has 0 unspecified atom stereocenters. The first-order valence-electron chi connectivity index (χ1n) is 6.45. The van der Waals surface area contributed by atoms with Crippen LogP contribution in [0, 0.1) is 0 Å². The fourth-order valence-corrected chi connectivity index (χ4v) is 2.76. The van der Waals surface area contributed by atoms with Crippen molar-refractivity contribution >= 4 is 44.4 Å². The number of nitrogens with one attached hydrogen (secondary N) is 1. The van der Waals surface area contributed by atoms with Crippen LogP contribution in [-0.2, 0) is 4.79 Å². The zero-order valence-corrected chi connectivity index (χ0v) is 13.7. The lowest BCUT2D eigenvalue weighted by atomic mass is 10.2. The van der Waals surface area contributed by atoms with Gasteiger partial charge in [-0.05, 0) is 30.3 Å². The Morgan fingerprint density at radius 1 is 1.27 bits per heavy atom. The predicted octanol–water partition coefficient (Wildman–Crippen LogP) is 4.82. The highest BCUT2D eigenvalue weighted by Gasteiger charge is 2.06. The molecule has 3 aromatic rings. The van der Waals surface area contributed by atoms with Crippen LogP contribution in [0.1, 0.15) is 5.76 Å². The minimum absolute atomic E-state index is 0.242. The molecule has 4 nitrogen and oxygen atoms in total. The first-order chi connectivity index (χ1) is 10.7. The van der Waals surface area contributed by atoms with Crippen molar-refractivity contribution in [1.29, 1.82) is 0 Å². The second kappa shape index (κ2) is 6.72. The summed E-state index contributed by atoms with van der Waals surface area (Å²) in [7, 11) is 0. The molecule has 0 bridgehead atoms. The number of hydrogen-bond acceptors (Lipinski definition) is 4. The predicted molar refractivity (Wildman–Crippen MR) is 91.6 cm³/mol. The number of amides is 1. The third-order valence-corrected chi connectivity index (χ3v) is 4.10. The maximum atomic E-state index is 11.8. The van der Waals surface area contributed by atoms with Crippen molar-refractivity contribution in [3.8, 4) is 11.3 Å². The molecule has 0 aliphatic rings. The number of rotatable bonds is 4. The lowest BCUT2D eigenvalue weighted by Gasteiger charge is -1.97. The quantitative estimate of drug-likeness (QED) is 0.666. The highest BCUT2D eigenvalue weighted by atomic mass is 79.9. The number of benzene rings is 1. The highest BCUT2D eigenvalue weighted by molar-refractivity contribution is 9.10. The molecule has 0 saturated carbocycles. The normalized spacial score (nSPS) is 11.0. The fraction of sp³-hybridized carbons (Fsp3) is 0. The van der Waals surface area contributed by atoms with Gasteiger partial charge in [0.25, 0.3) is 0 Å². The lowest BCUT2D eigenvalue weighted by Crippen LogP contribution is -2.07. The number of carbonyl (C=O) groups is 1. The molecule has 0 radical (unpaired) electrons. The first kappa shape index (κ1) is 14.7. The standard InChI is InChI=1S/C16H11BrN2O2S/c17-12-5-3-11(4-6-12)14-10-22-16(18-14)19-15(20)8-7-13-2-1-9-21-13/h1-10H,(H,18,19,20). The van der Waals surface area contributed by atoms with Crippen molar-refractivity contribution in [3.05, 3.63) is 64.4 Å². The zero-order valence-electron chi connectivity index (χ0n) is 11.3. The summed E-state index contributed by atoms with van der Waals surface area (Å²) < 4.78 is 6.14. The average Bonchev–Trinajstić information content (AvgIpc) is 3.17. The minimum atomic E-state index is -0.242. The first-order valence-corrected chi connectivity index (χ1v) is 8.12. The Kier molecular flexibility index (Phi) is 4.50. The number of aromatic nitrogens is 1. The number of anilines is 1. The molecular formula is C16H11BrN2O2S. The Labute approximate surface area is 139 Å². The van der Waals surface area contributed by atoms with E-state index in [0.29, 0.717) is 10.9 Å². The summed E-state index contributed by atoms with van der Waals surface area (Å²) in [6.45, 7) is 0. The van der Waals surface area contributed by atoms with Gasteiger partial charge in [-0.15, -0.1) is 11.3 Å². The van der Waals surface area contributed by atoms with Gasteiger partial charge in [-0.3, -0.25) is 10.1 Å². The van der Waals surface area contributed by atoms with Crippen LogP contribution in [-0.4, -0.2) is 10.9 Å². The molecule has 1 N–H and O–H groups in total. The van der Waals surface area contributed by atoms with Crippen molar-refractivity contribution in [1.82, 2.24) is 4.98 Å². The van der Waals surface area contributed by atoms with E-state index in [0.717, 1.165) is 15.7 Å². The summed E-state index contributed by atoms with van der Waals surface area (Å²) in [4.78, 5) is 16.2. The Balaban J connectivity index is 1.66. The van der Waals surface area contributed by atoms with Gasteiger partial charge in [0, 0.05) is 21.5 Å². The highest BCUT2D eigenvalue weighted by Crippen LogP contribution is 2.26. The summed E-state index contributed by atoms with van der Waals surface area (Å²) in [5, 5.41) is 5.21. The van der Waals surface area contributed by atoms with Crippen LogP contribution in [0.5, 0.6) is 0 Å². The van der Waals surface area contributed by atoms with Gasteiger partial charge < -0.3 is 4.42 Å². The molecule has 2 heterocycles. The molecule has 1 amide bonds. The molecule has 0 atom stereocenters. The smallest absolute Gasteiger partial charge is 0.250 e. The molecule has 2 aromatic heterocycles. The third kappa shape index (κ3) is 3.72. The molecule has 110 valence electrons. The van der Waals surface area contributed by atoms with Crippen LogP contribution in [0.15, 0.2) is 63.0 Å². The number of hydrogen-bond donors (Lipinski definition) is 1. The van der Waals surface area contributed by atoms with Gasteiger partial charge in [0.2, 0.25) is 5.91 Å². The van der Waals surface area contributed by atoms with E-state index < -0.39 is 0 Å². The molecule has 1 aromatic carbocycles. The van der Waals surface area contributed by atoms with Crippen molar-refractivity contribution in [3.63, 3.8) is 0 Å². The molecule has 3 rings (SSSR count). The van der Waals surface area contributed by atoms with E-state index in [-0.39, 0.29) is 5.91 Å². The van der Waals surface area contributed by atoms with E-state index in [1.54, 1.807) is 24.5 Å². The van der Waals surface area contributed by atoms with Gasteiger partial charge in [0.1, 0.15) is 5.76 Å². The van der Waals surface area contributed by atoms with Crippen LogP contribution < -0.4 is 5.32 Å². The van der Waals surface area contributed by atoms with Crippen molar-refractivity contribution < 1.29 is 9.21 Å². The zero-order chi connectivity index (χ0) is 15.4. The summed E-state index contributed by atoms with van der Waals surface area (Å²) in [6.07, 6.45) is 4.58. The van der Waals surface area contributed by atoms with E-state index in [2.05, 4.69) is 26.2 Å². The Bertz CT molecular complexity index is 792. The second-order valence-electron chi connectivity index (χ2n) is 4.38. The van der Waals surface area contributed by atoms with Crippen LogP contribution in [0.25, 0.3) is 17.3 Å². The molecule has 0 spiro atoms. The van der Waals surface area contributed by atoms with E-state index in [1.807, 2.05) is 29.6 Å². The molecule has 0 aliphatic heterocycles. The van der Waals surface area contributed by atoms with Gasteiger partial charge in [0.05, 0.1) is 12.0 Å². The summed E-state index contributed by atoms with van der Waals surface area (Å²) in [6, 6.07) is 11.4. The molecule has 0 saturated heterocycles. The largest absolute Gasteiger partial charge is 0.465 e. The minimum Gasteiger partial charge on any atom is -0.465 e. The number of halogens is 1. The third-order valence-electron chi connectivity index (χ3n) is 2.82. The summed E-state index contributed by atoms with van der Waals surface area (Å²) in [5.41, 5.74) is 1.84. The number of nitrogens with zero attached hydrogens (tertiary/aromatic N) is 1. The maximum Gasteiger partial charge on any atom is 0.250 e. The molecule has 0 aliphatic carbocycles. The van der Waals surface area contributed by atoms with E-state index in [4.69, 9.17) is 4.42 Å². The van der Waals surface area contributed by atoms with Gasteiger partial charge in [-0.2, -0.15) is 0 Å². The second-order valence-corrected chi connectivity index (χ2v) is 6.16. The molecule has 22 heavy (non-hydrogen) atoms. The van der Waals surface area contributed by atoms with Gasteiger partial charge in [-0.25, -0.2) is 4.98 Å². The van der Waals surface area contributed by atoms with Gasteiger partial charge in [-0.1, -0.05) is 28.1 Å². The maximum absolute atomic E-state index is 11.8. The van der Waals surface area contributed by atoms with E-state index in [1.165, 1.54) is 17.4 Å². The molecule has 6 heteroatoms. The monoisotopic (exact) mass is 374 g/mol. The van der Waals surface area contributed by atoms with Crippen LogP contribution in [0.3, 0.4) is 0 Å². The molecule has 0 fully saturated rings. The fourth-order valence-electron chi connectivity index (χ4n) is 1.78. The van der Waals surface area contributed by atoms with Crippen molar-refractivity contribution in [2.75, 3.05) is 5.32 Å². The number of carbonyl (C=O) groups excluding carboxylic acids is 1. The van der Waals surface area contributed by atoms with Crippen LogP contribution in [0.4, 0.5) is 5.13 Å². The van der Waals surface area contributed by atoms with Crippen molar-refractivity contribution in [2.45, 2.75) is 0 Å². The Hall–Kier alpha value is -2.18. The van der Waals surface area contributed by atoms with Crippen LogP contribution >= 0.6 is 27.3 Å². The average molecular weight is 375 g/mol. The molecular weight excluding hydrogens is 364 g/mol. The Morgan fingerprint density at radius 2 is 2.09 bits per heavy atom. The summed E-state index contributed by atoms with van der Waals surface area (Å²) in [5.74, 6) is 0.387. The van der Waals surface area contributed by atoms with Crippen molar-refractivity contribution in [2.24, 2.45) is 0 Å². The number of thiazole rings is 1. The number of furan rings is 1. The van der Waals surface area contributed by atoms with Gasteiger partial charge >= 0.3 is 0 Å². The lowest BCUT2D eigenvalue weighted by molar-refractivity contribution is -0.111. The van der Waals surface area contributed by atoms with Crippen LogP contribution in [0.2, 0.25) is 0 Å². The Morgan fingerprint density at radius 3 is 2.82 bits per heavy atom. The SMILES string of the molecule is O=C(C=Cc1ccco1)Nc1nc(-c2ccc(Br)cc2)cs1. The van der Waals surface area contributed by atoms with E-state index in [9.17, 15) is 4.79 Å². The van der Waals surface area contributed by atoms with E-state index >= 15 is 0 Å². The topological polar surface area (TPSA) is 55.1 Å².